The Morgan fingerprint density at radius 1 is 1.00 bits per heavy atom. The molecule has 0 spiro atoms. The highest BCUT2D eigenvalue weighted by atomic mass is 35.5. The lowest BCUT2D eigenvalue weighted by molar-refractivity contribution is 0.0945. The maximum Gasteiger partial charge on any atom is 0.266 e. The maximum absolute atomic E-state index is 12.2. The average molecular weight is 371 g/mol. The minimum Gasteiger partial charge on any atom is -0.493 e. The van der Waals surface area contributed by atoms with Gasteiger partial charge in [0, 0.05) is 16.7 Å². The molecule has 0 saturated heterocycles. The molecule has 24 heavy (non-hydrogen) atoms. The lowest BCUT2D eigenvalue weighted by Crippen LogP contribution is -2.41. The standard InChI is InChI=1S/C15H15ClN2O5S/c1-22-13-8-7-12(9-14(13)23-2)24(20,21)18-17-15(19)10-3-5-11(16)6-4-10/h3-9,18H,1-2H3,(H,17,19). The van der Waals surface area contributed by atoms with Crippen LogP contribution in [0.4, 0.5) is 0 Å². The van der Waals surface area contributed by atoms with E-state index in [0.717, 1.165) is 0 Å². The molecule has 0 fully saturated rings. The number of hydrogen-bond donors (Lipinski definition) is 2. The first kappa shape index (κ1) is 18.1. The highest BCUT2D eigenvalue weighted by molar-refractivity contribution is 7.89. The van der Waals surface area contributed by atoms with Crippen LogP contribution in [-0.2, 0) is 10.0 Å². The van der Waals surface area contributed by atoms with Gasteiger partial charge in [0.15, 0.2) is 11.5 Å². The van der Waals surface area contributed by atoms with E-state index < -0.39 is 15.9 Å². The van der Waals surface area contributed by atoms with E-state index in [2.05, 4.69) is 5.43 Å². The monoisotopic (exact) mass is 370 g/mol. The topological polar surface area (TPSA) is 93.7 Å². The van der Waals surface area contributed by atoms with Gasteiger partial charge < -0.3 is 9.47 Å². The van der Waals surface area contributed by atoms with Crippen LogP contribution in [0.25, 0.3) is 0 Å². The number of sulfonamides is 1. The van der Waals surface area contributed by atoms with Gasteiger partial charge in [0.1, 0.15) is 0 Å². The fraction of sp³-hybridized carbons (Fsp3) is 0.133. The second kappa shape index (κ2) is 7.52. The number of hydrazine groups is 1. The summed E-state index contributed by atoms with van der Waals surface area (Å²) in [7, 11) is -1.14. The summed E-state index contributed by atoms with van der Waals surface area (Å²) < 4.78 is 34.6. The summed E-state index contributed by atoms with van der Waals surface area (Å²) >= 11 is 5.73. The van der Waals surface area contributed by atoms with Gasteiger partial charge in [-0.3, -0.25) is 10.2 Å². The van der Waals surface area contributed by atoms with E-state index in [9.17, 15) is 13.2 Å². The van der Waals surface area contributed by atoms with Crippen molar-refractivity contribution in [1.82, 2.24) is 10.3 Å². The highest BCUT2D eigenvalue weighted by Gasteiger charge is 2.18. The zero-order chi connectivity index (χ0) is 17.7. The molecule has 0 saturated carbocycles. The Morgan fingerprint density at radius 2 is 1.62 bits per heavy atom. The third-order valence-corrected chi connectivity index (χ3v) is 4.57. The molecule has 0 aliphatic heterocycles. The molecule has 0 atom stereocenters. The summed E-state index contributed by atoms with van der Waals surface area (Å²) in [6.45, 7) is 0. The third-order valence-electron chi connectivity index (χ3n) is 3.07. The third kappa shape index (κ3) is 4.16. The Kier molecular flexibility index (Phi) is 5.66. The van der Waals surface area contributed by atoms with Gasteiger partial charge >= 0.3 is 0 Å². The molecular formula is C15H15ClN2O5S. The van der Waals surface area contributed by atoms with Gasteiger partial charge in [0.25, 0.3) is 15.9 Å². The number of hydrogen-bond acceptors (Lipinski definition) is 5. The summed E-state index contributed by atoms with van der Waals surface area (Å²) in [6, 6.07) is 10.1. The maximum atomic E-state index is 12.2. The van der Waals surface area contributed by atoms with Gasteiger partial charge in [0.2, 0.25) is 0 Å². The van der Waals surface area contributed by atoms with Crippen molar-refractivity contribution in [2.24, 2.45) is 0 Å². The van der Waals surface area contributed by atoms with Crippen molar-refractivity contribution >= 4 is 27.5 Å². The molecule has 2 aromatic rings. The lowest BCUT2D eigenvalue weighted by atomic mass is 10.2. The van der Waals surface area contributed by atoms with Crippen LogP contribution in [0, 0.1) is 0 Å². The Morgan fingerprint density at radius 3 is 2.21 bits per heavy atom. The van der Waals surface area contributed by atoms with Crippen molar-refractivity contribution in [2.75, 3.05) is 14.2 Å². The van der Waals surface area contributed by atoms with Crippen LogP contribution in [0.3, 0.4) is 0 Å². The van der Waals surface area contributed by atoms with Crippen LogP contribution in [0.2, 0.25) is 5.02 Å². The minimum atomic E-state index is -3.97. The second-order valence-corrected chi connectivity index (χ2v) is 6.70. The number of nitrogens with one attached hydrogen (secondary N) is 2. The molecule has 1 amide bonds. The summed E-state index contributed by atoms with van der Waals surface area (Å²) in [5.41, 5.74) is 2.39. The molecule has 2 rings (SSSR count). The summed E-state index contributed by atoms with van der Waals surface area (Å²) in [6.07, 6.45) is 0. The molecule has 0 aliphatic rings. The van der Waals surface area contributed by atoms with E-state index >= 15 is 0 Å². The molecule has 7 nitrogen and oxygen atoms in total. The summed E-state index contributed by atoms with van der Waals surface area (Å²) in [5, 5.41) is 0.470. The molecule has 128 valence electrons. The molecule has 0 aliphatic carbocycles. The average Bonchev–Trinajstić information content (AvgIpc) is 2.59. The van der Waals surface area contributed by atoms with E-state index in [4.69, 9.17) is 21.1 Å². The molecule has 0 unspecified atom stereocenters. The molecular weight excluding hydrogens is 356 g/mol. The molecule has 9 heteroatoms. The second-order valence-electron chi connectivity index (χ2n) is 4.58. The molecule has 0 heterocycles. The van der Waals surface area contributed by atoms with Crippen LogP contribution in [0.1, 0.15) is 10.4 Å². The van der Waals surface area contributed by atoms with Gasteiger partial charge in [-0.15, -0.1) is 4.83 Å². The predicted molar refractivity (Wildman–Crippen MR) is 88.8 cm³/mol. The molecule has 2 N–H and O–H groups in total. The molecule has 2 aromatic carbocycles. The Balaban J connectivity index is 2.13. The van der Waals surface area contributed by atoms with Crippen molar-refractivity contribution in [2.45, 2.75) is 4.90 Å². The van der Waals surface area contributed by atoms with Crippen molar-refractivity contribution < 1.29 is 22.7 Å². The first-order chi connectivity index (χ1) is 11.4. The number of rotatable bonds is 6. The van der Waals surface area contributed by atoms with E-state index in [1.807, 2.05) is 4.83 Å². The molecule has 0 radical (unpaired) electrons. The van der Waals surface area contributed by atoms with E-state index in [-0.39, 0.29) is 16.2 Å². The van der Waals surface area contributed by atoms with Gasteiger partial charge in [0.05, 0.1) is 19.1 Å². The van der Waals surface area contributed by atoms with Crippen LogP contribution in [0.15, 0.2) is 47.4 Å². The van der Waals surface area contributed by atoms with Gasteiger partial charge in [-0.25, -0.2) is 8.42 Å². The van der Waals surface area contributed by atoms with Gasteiger partial charge in [-0.2, -0.15) is 0 Å². The smallest absolute Gasteiger partial charge is 0.266 e. The zero-order valence-corrected chi connectivity index (χ0v) is 14.4. The number of carbonyl (C=O) groups excluding carboxylic acids is 1. The van der Waals surface area contributed by atoms with Crippen LogP contribution in [0.5, 0.6) is 11.5 Å². The van der Waals surface area contributed by atoms with Crippen LogP contribution >= 0.6 is 11.6 Å². The first-order valence-electron chi connectivity index (χ1n) is 6.67. The van der Waals surface area contributed by atoms with Crippen LogP contribution < -0.4 is 19.7 Å². The van der Waals surface area contributed by atoms with Gasteiger partial charge in [-0.05, 0) is 36.4 Å². The number of ether oxygens (including phenoxy) is 2. The van der Waals surface area contributed by atoms with Gasteiger partial charge in [-0.1, -0.05) is 11.6 Å². The van der Waals surface area contributed by atoms with Crippen molar-refractivity contribution in [1.29, 1.82) is 0 Å². The molecule has 0 aromatic heterocycles. The Hall–Kier alpha value is -2.29. The fourth-order valence-corrected chi connectivity index (χ4v) is 2.81. The predicted octanol–water partition coefficient (Wildman–Crippen LogP) is 1.98. The fourth-order valence-electron chi connectivity index (χ4n) is 1.83. The first-order valence-corrected chi connectivity index (χ1v) is 8.53. The van der Waals surface area contributed by atoms with Crippen molar-refractivity contribution in [3.8, 4) is 11.5 Å². The van der Waals surface area contributed by atoms with Crippen LogP contribution in [-0.4, -0.2) is 28.5 Å². The van der Waals surface area contributed by atoms with E-state index in [1.54, 1.807) is 0 Å². The lowest BCUT2D eigenvalue weighted by Gasteiger charge is -2.11. The van der Waals surface area contributed by atoms with Crippen molar-refractivity contribution in [3.05, 3.63) is 53.1 Å². The minimum absolute atomic E-state index is 0.0865. The summed E-state index contributed by atoms with van der Waals surface area (Å²) in [5.74, 6) is 0.0294. The number of halogens is 1. The Labute approximate surface area is 144 Å². The number of carbonyl (C=O) groups is 1. The number of methoxy groups -OCH3 is 2. The highest BCUT2D eigenvalue weighted by Crippen LogP contribution is 2.29. The Bertz CT molecular complexity index is 837. The molecule has 0 bridgehead atoms. The summed E-state index contributed by atoms with van der Waals surface area (Å²) in [4.78, 5) is 13.9. The number of amides is 1. The normalized spacial score (nSPS) is 11.0. The quantitative estimate of drug-likeness (QED) is 0.758. The number of benzene rings is 2. The SMILES string of the molecule is COc1ccc(S(=O)(=O)NNC(=O)c2ccc(Cl)cc2)cc1OC. The zero-order valence-electron chi connectivity index (χ0n) is 12.9. The van der Waals surface area contributed by atoms with E-state index in [0.29, 0.717) is 10.8 Å². The van der Waals surface area contributed by atoms with E-state index in [1.165, 1.54) is 56.7 Å². The largest absolute Gasteiger partial charge is 0.493 e. The van der Waals surface area contributed by atoms with Crippen molar-refractivity contribution in [3.63, 3.8) is 0 Å².